The molecule has 0 bridgehead atoms. The number of rotatable bonds is 8. The molecular weight excluding hydrogens is 519 g/mol. The Morgan fingerprint density at radius 2 is 1.95 bits per heavy atom. The number of nitrogens with zero attached hydrogens (tertiary/aromatic N) is 5. The fraction of sp³-hybridized carbons (Fsp3) is 0.452. The van der Waals surface area contributed by atoms with Gasteiger partial charge in [-0.2, -0.15) is 5.26 Å². The molecular formula is C31H37FN8O. The van der Waals surface area contributed by atoms with Gasteiger partial charge in [-0.1, -0.05) is 18.7 Å². The second-order valence-electron chi connectivity index (χ2n) is 12.0. The van der Waals surface area contributed by atoms with E-state index < -0.39 is 5.41 Å². The first-order valence-electron chi connectivity index (χ1n) is 14.2. The Kier molecular flexibility index (Phi) is 7.91. The van der Waals surface area contributed by atoms with Crippen molar-refractivity contribution in [3.8, 4) is 6.07 Å². The monoisotopic (exact) mass is 556 g/mol. The second-order valence-corrected chi connectivity index (χ2v) is 12.0. The predicted molar refractivity (Wildman–Crippen MR) is 153 cm³/mol. The number of nitriles is 1. The Balaban J connectivity index is 1.52. The van der Waals surface area contributed by atoms with Crippen molar-refractivity contribution in [2.75, 3.05) is 19.6 Å². The van der Waals surface area contributed by atoms with E-state index in [0.717, 1.165) is 47.3 Å². The van der Waals surface area contributed by atoms with Crippen molar-refractivity contribution in [3.63, 3.8) is 0 Å². The lowest BCUT2D eigenvalue weighted by atomic mass is 9.69. The van der Waals surface area contributed by atoms with E-state index in [9.17, 15) is 14.4 Å². The lowest BCUT2D eigenvalue weighted by Gasteiger charge is -2.35. The topological polar surface area (TPSA) is 123 Å². The number of tetrazole rings is 1. The molecule has 1 fully saturated rings. The van der Waals surface area contributed by atoms with Gasteiger partial charge in [0.2, 0.25) is 0 Å². The smallest absolute Gasteiger partial charge is 0.251 e. The Labute approximate surface area is 240 Å². The van der Waals surface area contributed by atoms with Gasteiger partial charge in [0.05, 0.1) is 11.5 Å². The van der Waals surface area contributed by atoms with Crippen LogP contribution in [0.4, 0.5) is 4.39 Å². The number of hydrogen-bond donors (Lipinski definition) is 3. The predicted octanol–water partition coefficient (Wildman–Crippen LogP) is 3.78. The summed E-state index contributed by atoms with van der Waals surface area (Å²) >= 11 is 0. The Morgan fingerprint density at radius 3 is 2.63 bits per heavy atom. The molecule has 41 heavy (non-hydrogen) atoms. The highest BCUT2D eigenvalue weighted by Gasteiger charge is 2.44. The van der Waals surface area contributed by atoms with Gasteiger partial charge in [0.25, 0.3) is 5.91 Å². The molecule has 10 heteroatoms. The van der Waals surface area contributed by atoms with Crippen molar-refractivity contribution in [1.82, 2.24) is 36.2 Å². The highest BCUT2D eigenvalue weighted by Crippen LogP contribution is 2.46. The number of aromatic nitrogens is 4. The van der Waals surface area contributed by atoms with E-state index in [1.165, 1.54) is 6.07 Å². The number of nitrogens with one attached hydrogen (secondary N) is 3. The molecule has 1 saturated heterocycles. The molecule has 9 nitrogen and oxygen atoms in total. The van der Waals surface area contributed by atoms with E-state index in [4.69, 9.17) is 0 Å². The number of carbonyl (C=O) groups excluding carboxylic acids is 1. The molecule has 0 saturated carbocycles. The van der Waals surface area contributed by atoms with Crippen LogP contribution in [-0.4, -0.2) is 62.6 Å². The first kappa shape index (κ1) is 28.4. The molecule has 0 spiro atoms. The summed E-state index contributed by atoms with van der Waals surface area (Å²) in [6.07, 6.45) is 3.66. The van der Waals surface area contributed by atoms with Crippen LogP contribution < -0.4 is 10.6 Å². The molecule has 2 atom stereocenters. The third kappa shape index (κ3) is 5.72. The van der Waals surface area contributed by atoms with Gasteiger partial charge >= 0.3 is 0 Å². The summed E-state index contributed by atoms with van der Waals surface area (Å²) < 4.78 is 14.5. The van der Waals surface area contributed by atoms with Crippen LogP contribution in [0.1, 0.15) is 78.5 Å². The summed E-state index contributed by atoms with van der Waals surface area (Å²) in [7, 11) is 0. The maximum Gasteiger partial charge on any atom is 0.251 e. The van der Waals surface area contributed by atoms with Crippen molar-refractivity contribution in [2.45, 2.75) is 69.9 Å². The fourth-order valence-electron chi connectivity index (χ4n) is 6.24. The molecule has 1 aliphatic heterocycles. The van der Waals surface area contributed by atoms with Crippen LogP contribution in [0.3, 0.4) is 0 Å². The average Bonchev–Trinajstić information content (AvgIpc) is 3.62. The minimum absolute atomic E-state index is 0.129. The zero-order valence-electron chi connectivity index (χ0n) is 23.9. The van der Waals surface area contributed by atoms with E-state index in [1.54, 1.807) is 6.07 Å². The summed E-state index contributed by atoms with van der Waals surface area (Å²) in [5.41, 5.74) is 4.09. The third-order valence-electron chi connectivity index (χ3n) is 8.07. The van der Waals surface area contributed by atoms with Crippen LogP contribution in [-0.2, 0) is 18.3 Å². The highest BCUT2D eigenvalue weighted by molar-refractivity contribution is 5.95. The standard InChI is InChI=1S/C31H37FN8O/c1-20(40-15-5-6-25(40)18-33)19-34-14-13-31(29-36-38-39-37-29)26-11-9-23(28(41)35-30(2,3)4)16-21(26)7-8-22-17-24(32)10-12-27(22)31/h9-12,16-17,25,34H,1,5-8,13-15,19H2,2-4H3,(H,35,41)(H,36,37,38,39). The SMILES string of the molecule is C=C(CNCCC1(c2nnn[nH]2)c2ccc(F)cc2CCc2cc(C(=O)NC(C)(C)C)ccc21)N1CCCC1C#N. The second kappa shape index (κ2) is 11.4. The summed E-state index contributed by atoms with van der Waals surface area (Å²) in [6, 6.07) is 12.9. The lowest BCUT2D eigenvalue weighted by Crippen LogP contribution is -2.40. The summed E-state index contributed by atoms with van der Waals surface area (Å²) in [6.45, 7) is 12.0. The average molecular weight is 557 g/mol. The minimum Gasteiger partial charge on any atom is -0.358 e. The zero-order valence-corrected chi connectivity index (χ0v) is 23.9. The van der Waals surface area contributed by atoms with Crippen molar-refractivity contribution in [1.29, 1.82) is 5.26 Å². The number of fused-ring (bicyclic) bond motifs is 2. The number of H-pyrrole nitrogens is 1. The van der Waals surface area contributed by atoms with Crippen LogP contribution >= 0.6 is 0 Å². The van der Waals surface area contributed by atoms with Crippen LogP contribution in [0.25, 0.3) is 0 Å². The largest absolute Gasteiger partial charge is 0.358 e. The van der Waals surface area contributed by atoms with Gasteiger partial charge in [0, 0.05) is 29.9 Å². The molecule has 0 radical (unpaired) electrons. The van der Waals surface area contributed by atoms with Gasteiger partial charge in [-0.05, 0) is 116 Å². The van der Waals surface area contributed by atoms with Crippen molar-refractivity contribution in [3.05, 3.63) is 88.1 Å². The normalized spacial score (nSPS) is 20.1. The highest BCUT2D eigenvalue weighted by atomic mass is 19.1. The molecule has 2 aliphatic rings. The van der Waals surface area contributed by atoms with Gasteiger partial charge in [-0.3, -0.25) is 4.79 Å². The maximum atomic E-state index is 14.5. The Hall–Kier alpha value is -4.10. The van der Waals surface area contributed by atoms with E-state index in [-0.39, 0.29) is 23.3 Å². The molecule has 3 aromatic rings. The molecule has 1 amide bonds. The number of likely N-dealkylation sites (tertiary alicyclic amines) is 1. The number of hydrogen-bond acceptors (Lipinski definition) is 7. The number of amides is 1. The van der Waals surface area contributed by atoms with E-state index in [0.29, 0.717) is 43.7 Å². The van der Waals surface area contributed by atoms with E-state index >= 15 is 0 Å². The molecule has 214 valence electrons. The van der Waals surface area contributed by atoms with Crippen molar-refractivity contribution in [2.24, 2.45) is 0 Å². The molecule has 1 aliphatic carbocycles. The Morgan fingerprint density at radius 1 is 1.22 bits per heavy atom. The van der Waals surface area contributed by atoms with E-state index in [2.05, 4.69) is 48.8 Å². The first-order valence-corrected chi connectivity index (χ1v) is 14.2. The fourth-order valence-corrected chi connectivity index (χ4v) is 6.24. The molecule has 2 unspecified atom stereocenters. The molecule has 2 heterocycles. The van der Waals surface area contributed by atoms with Gasteiger partial charge in [-0.25, -0.2) is 9.49 Å². The summed E-state index contributed by atoms with van der Waals surface area (Å²) in [5.74, 6) is 0.125. The Bertz CT molecular complexity index is 1470. The number of halogens is 1. The quantitative estimate of drug-likeness (QED) is 0.361. The van der Waals surface area contributed by atoms with Crippen molar-refractivity contribution >= 4 is 5.91 Å². The van der Waals surface area contributed by atoms with Crippen LogP contribution in [0.5, 0.6) is 0 Å². The molecule has 3 N–H and O–H groups in total. The summed E-state index contributed by atoms with van der Waals surface area (Å²) in [4.78, 5) is 15.1. The third-order valence-corrected chi connectivity index (χ3v) is 8.07. The minimum atomic E-state index is -0.811. The lowest BCUT2D eigenvalue weighted by molar-refractivity contribution is 0.0919. The number of benzene rings is 2. The van der Waals surface area contributed by atoms with Crippen molar-refractivity contribution < 1.29 is 9.18 Å². The molecule has 1 aromatic heterocycles. The van der Waals surface area contributed by atoms with Gasteiger partial charge < -0.3 is 15.5 Å². The number of aryl methyl sites for hydroxylation is 2. The zero-order chi connectivity index (χ0) is 29.2. The maximum absolute atomic E-state index is 14.5. The van der Waals surface area contributed by atoms with Gasteiger partial charge in [-0.15, -0.1) is 5.10 Å². The van der Waals surface area contributed by atoms with Crippen LogP contribution in [0.15, 0.2) is 48.7 Å². The number of aromatic amines is 1. The van der Waals surface area contributed by atoms with Crippen LogP contribution in [0.2, 0.25) is 0 Å². The summed E-state index contributed by atoms with van der Waals surface area (Å²) in [5, 5.41) is 31.3. The molecule has 5 rings (SSSR count). The van der Waals surface area contributed by atoms with Gasteiger partial charge in [0.1, 0.15) is 11.9 Å². The van der Waals surface area contributed by atoms with Gasteiger partial charge in [0.15, 0.2) is 5.82 Å². The van der Waals surface area contributed by atoms with E-state index in [1.807, 2.05) is 45.0 Å². The van der Waals surface area contributed by atoms with Crippen LogP contribution in [0, 0.1) is 17.1 Å². The first-order chi connectivity index (χ1) is 19.6. The molecule has 2 aromatic carbocycles. The number of carbonyl (C=O) groups is 1.